The summed E-state index contributed by atoms with van der Waals surface area (Å²) in [6.45, 7) is 9.53. The summed E-state index contributed by atoms with van der Waals surface area (Å²) in [5, 5.41) is 49.5. The number of ketones is 2. The number of urea groups is 1. The van der Waals surface area contributed by atoms with E-state index in [1.807, 2.05) is 17.0 Å². The maximum atomic E-state index is 12.6. The van der Waals surface area contributed by atoms with E-state index in [1.54, 1.807) is 12.0 Å². The Morgan fingerprint density at radius 2 is 1.23 bits per heavy atom. The number of methoxy groups -OCH3 is 1. The molecule has 5 rings (SSSR count). The number of likely N-dealkylation sites (N-methyl/N-ethyl adjacent to an activating group) is 1. The molecule has 4 atom stereocenters. The Labute approximate surface area is 326 Å². The number of carboxylic acid groups (broad SMARTS) is 2. The second kappa shape index (κ2) is 20.1. The van der Waals surface area contributed by atoms with Crippen molar-refractivity contribution in [1.29, 1.82) is 0 Å². The first kappa shape index (κ1) is 45.2. The third kappa shape index (κ3) is 10.2. The maximum Gasteiger partial charge on any atom is 0.348 e. The van der Waals surface area contributed by atoms with Crippen molar-refractivity contribution in [1.82, 2.24) is 14.7 Å². The molecule has 3 aromatic carbocycles. The van der Waals surface area contributed by atoms with E-state index in [1.165, 1.54) is 42.0 Å². The number of carbonyl (C=O) groups excluding carboxylic acids is 3. The van der Waals surface area contributed by atoms with Crippen LogP contribution >= 0.6 is 0 Å². The number of piperidine rings is 1. The number of aliphatic hydroxyl groups is 3. The zero-order chi connectivity index (χ0) is 40.3. The second-order valence-electron chi connectivity index (χ2n) is 14.0. The molecule has 2 saturated heterocycles. The van der Waals surface area contributed by atoms with E-state index in [-0.39, 0.29) is 17.6 Å². The van der Waals surface area contributed by atoms with E-state index in [4.69, 9.17) is 4.74 Å². The molecule has 2 aliphatic heterocycles. The van der Waals surface area contributed by atoms with Crippen LogP contribution in [0.4, 0.5) is 4.79 Å². The molecule has 0 saturated carbocycles. The standard InChI is InChI=1S/C23H37N3O3.C18H14O8.H2O/c1-4-24(18(2)15-19-5-7-22(29-3)8-6-19)16-20-9-12-25(13-10-20)23(28)26-14-11-21(27)17-26;19-13(11-7-3-1-4-8-11)17(25,15(21)22)18(26,16(23)24)14(20)12-9-5-2-6-10-12;/h5-8,18,20-21,27H,4,9-17H2,1-3H3;1-10,25-26H,(H,21,22)(H,23,24);1H2. The van der Waals surface area contributed by atoms with Gasteiger partial charge in [-0.2, -0.15) is 0 Å². The van der Waals surface area contributed by atoms with Crippen molar-refractivity contribution in [2.75, 3.05) is 46.4 Å². The average Bonchev–Trinajstić information content (AvgIpc) is 3.65. The fourth-order valence-corrected chi connectivity index (χ4v) is 7.04. The Bertz CT molecular complexity index is 1700. The predicted molar refractivity (Wildman–Crippen MR) is 206 cm³/mol. The topological polar surface area (TPSA) is 237 Å². The highest BCUT2D eigenvalue weighted by Gasteiger charge is 2.69. The molecule has 0 bridgehead atoms. The number of benzene rings is 3. The number of aliphatic carboxylic acids is 2. The highest BCUT2D eigenvalue weighted by atomic mass is 16.5. The van der Waals surface area contributed by atoms with Gasteiger partial charge in [-0.15, -0.1) is 0 Å². The van der Waals surface area contributed by atoms with Crippen LogP contribution in [-0.2, 0) is 16.0 Å². The molecule has 304 valence electrons. The molecule has 15 heteroatoms. The third-order valence-electron chi connectivity index (χ3n) is 10.4. The molecule has 0 spiro atoms. The summed E-state index contributed by atoms with van der Waals surface area (Å²) in [7, 11) is 1.70. The van der Waals surface area contributed by atoms with Gasteiger partial charge in [0.05, 0.1) is 13.2 Å². The normalized spacial score (nSPS) is 18.3. The van der Waals surface area contributed by atoms with Gasteiger partial charge in [-0.3, -0.25) is 9.59 Å². The average molecular weight is 780 g/mol. The zero-order valence-corrected chi connectivity index (χ0v) is 31.9. The molecule has 7 N–H and O–H groups in total. The number of β-amino-alcohol motifs (C(OH)–C–C–N with tert-alkyl or cyclic N) is 1. The highest BCUT2D eigenvalue weighted by Crippen LogP contribution is 2.32. The number of hydrogen-bond acceptors (Lipinski definition) is 10. The van der Waals surface area contributed by atoms with E-state index in [2.05, 4.69) is 30.9 Å². The first-order valence-electron chi connectivity index (χ1n) is 18.4. The largest absolute Gasteiger partial charge is 0.497 e. The fourth-order valence-electron chi connectivity index (χ4n) is 7.04. The monoisotopic (exact) mass is 779 g/mol. The molecule has 4 unspecified atom stereocenters. The summed E-state index contributed by atoms with van der Waals surface area (Å²) in [5.41, 5.74) is -7.35. The number of carboxylic acids is 2. The van der Waals surface area contributed by atoms with Gasteiger partial charge in [-0.1, -0.05) is 79.7 Å². The molecule has 0 aromatic heterocycles. The molecule has 2 amide bonds. The number of ether oxygens (including phenoxy) is 1. The van der Waals surface area contributed by atoms with Crippen molar-refractivity contribution in [3.63, 3.8) is 0 Å². The van der Waals surface area contributed by atoms with E-state index in [0.29, 0.717) is 31.5 Å². The number of hydrogen-bond donors (Lipinski definition) is 5. The van der Waals surface area contributed by atoms with Crippen molar-refractivity contribution in [3.8, 4) is 5.75 Å². The molecule has 2 fully saturated rings. The van der Waals surface area contributed by atoms with Crippen molar-refractivity contribution in [3.05, 3.63) is 102 Å². The number of carbonyl (C=O) groups is 5. The van der Waals surface area contributed by atoms with Crippen molar-refractivity contribution in [2.45, 2.75) is 62.9 Å². The Morgan fingerprint density at radius 3 is 1.62 bits per heavy atom. The molecule has 15 nitrogen and oxygen atoms in total. The van der Waals surface area contributed by atoms with Crippen LogP contribution in [-0.4, -0.2) is 145 Å². The van der Waals surface area contributed by atoms with Gasteiger partial charge in [-0.05, 0) is 62.8 Å². The minimum Gasteiger partial charge on any atom is -0.497 e. The van der Waals surface area contributed by atoms with Crippen molar-refractivity contribution in [2.24, 2.45) is 5.92 Å². The fraction of sp³-hybridized carbons (Fsp3) is 0.439. The van der Waals surface area contributed by atoms with Gasteiger partial charge in [0.25, 0.3) is 11.2 Å². The van der Waals surface area contributed by atoms with Gasteiger partial charge in [0.1, 0.15) is 5.75 Å². The molecule has 2 heterocycles. The lowest BCUT2D eigenvalue weighted by Crippen LogP contribution is -2.71. The van der Waals surface area contributed by atoms with Gasteiger partial charge >= 0.3 is 18.0 Å². The summed E-state index contributed by atoms with van der Waals surface area (Å²) >= 11 is 0. The third-order valence-corrected chi connectivity index (χ3v) is 10.4. The second-order valence-corrected chi connectivity index (χ2v) is 14.0. The number of likely N-dealkylation sites (tertiary alicyclic amines) is 2. The molecule has 0 aliphatic carbocycles. The van der Waals surface area contributed by atoms with Crippen molar-refractivity contribution < 1.29 is 59.7 Å². The number of nitrogens with zero attached hydrogens (tertiary/aromatic N) is 3. The first-order valence-corrected chi connectivity index (χ1v) is 18.4. The highest BCUT2D eigenvalue weighted by molar-refractivity contribution is 6.28. The minimum atomic E-state index is -3.95. The lowest BCUT2D eigenvalue weighted by molar-refractivity contribution is -0.187. The zero-order valence-electron chi connectivity index (χ0n) is 31.9. The minimum absolute atomic E-state index is 0. The molecular formula is C41H53N3O12. The Kier molecular flexibility index (Phi) is 16.2. The lowest BCUT2D eigenvalue weighted by atomic mass is 9.73. The summed E-state index contributed by atoms with van der Waals surface area (Å²) < 4.78 is 5.25. The van der Waals surface area contributed by atoms with Gasteiger partial charge in [0.15, 0.2) is 0 Å². The summed E-state index contributed by atoms with van der Waals surface area (Å²) in [6.07, 6.45) is 3.52. The Balaban J connectivity index is 0.000000297. The van der Waals surface area contributed by atoms with Crippen LogP contribution in [0.1, 0.15) is 59.4 Å². The number of Topliss-reactive ketones (excluding diaryl/α,β-unsaturated/α-hetero) is 2. The molecule has 0 radical (unpaired) electrons. The maximum absolute atomic E-state index is 12.6. The van der Waals surface area contributed by atoms with E-state index in [9.17, 15) is 49.5 Å². The number of amides is 2. The van der Waals surface area contributed by atoms with Gasteiger partial charge in [-0.25, -0.2) is 14.4 Å². The predicted octanol–water partition coefficient (Wildman–Crippen LogP) is 2.41. The van der Waals surface area contributed by atoms with Gasteiger partial charge < -0.3 is 50.4 Å². The van der Waals surface area contributed by atoms with Crippen LogP contribution < -0.4 is 4.74 Å². The van der Waals surface area contributed by atoms with Gasteiger partial charge in [0, 0.05) is 49.9 Å². The smallest absolute Gasteiger partial charge is 0.348 e. The van der Waals surface area contributed by atoms with Crippen LogP contribution in [0.15, 0.2) is 84.9 Å². The van der Waals surface area contributed by atoms with Crippen LogP contribution in [0.2, 0.25) is 0 Å². The van der Waals surface area contributed by atoms with Crippen LogP contribution in [0, 0.1) is 5.92 Å². The summed E-state index contributed by atoms with van der Waals surface area (Å²) in [5.74, 6) is -6.49. The summed E-state index contributed by atoms with van der Waals surface area (Å²) in [6, 6.07) is 21.8. The van der Waals surface area contributed by atoms with Crippen LogP contribution in [0.5, 0.6) is 5.75 Å². The quantitative estimate of drug-likeness (QED) is 0.117. The van der Waals surface area contributed by atoms with E-state index < -0.39 is 45.8 Å². The molecule has 56 heavy (non-hydrogen) atoms. The number of aliphatic hydroxyl groups excluding tert-OH is 1. The summed E-state index contributed by atoms with van der Waals surface area (Å²) in [4.78, 5) is 67.5. The number of rotatable bonds is 14. The van der Waals surface area contributed by atoms with E-state index >= 15 is 0 Å². The Hall–Kier alpha value is -5.19. The molecule has 3 aromatic rings. The van der Waals surface area contributed by atoms with Gasteiger partial charge in [0.2, 0.25) is 11.6 Å². The molecule has 2 aliphatic rings. The SMILES string of the molecule is CCN(CC1CCN(C(=O)N2CCC(O)C2)CC1)C(C)Cc1ccc(OC)cc1.O.O=C(O)C(O)(C(=O)c1ccccc1)C(O)(C(=O)O)C(=O)c1ccccc1. The van der Waals surface area contributed by atoms with E-state index in [0.717, 1.165) is 75.5 Å². The first-order chi connectivity index (χ1) is 26.2. The van der Waals surface area contributed by atoms with Crippen LogP contribution in [0.3, 0.4) is 0 Å². The molecular weight excluding hydrogens is 726 g/mol. The lowest BCUT2D eigenvalue weighted by Gasteiger charge is -2.38. The Morgan fingerprint density at radius 1 is 0.768 bits per heavy atom. The van der Waals surface area contributed by atoms with Crippen LogP contribution in [0.25, 0.3) is 0 Å². The van der Waals surface area contributed by atoms with Crippen molar-refractivity contribution >= 4 is 29.5 Å².